The van der Waals surface area contributed by atoms with Crippen molar-refractivity contribution in [1.29, 1.82) is 0 Å². The van der Waals surface area contributed by atoms with Crippen LogP contribution in [0.4, 0.5) is 0 Å². The summed E-state index contributed by atoms with van der Waals surface area (Å²) >= 11 is 1.82. The van der Waals surface area contributed by atoms with Crippen LogP contribution in [0.2, 0.25) is 0 Å². The first-order valence-electron chi connectivity index (χ1n) is 11.0. The van der Waals surface area contributed by atoms with Crippen molar-refractivity contribution in [3.63, 3.8) is 0 Å². The first kappa shape index (κ1) is 23.3. The van der Waals surface area contributed by atoms with Gasteiger partial charge in [-0.05, 0) is 75.8 Å². The molecule has 2 aromatic rings. The van der Waals surface area contributed by atoms with Gasteiger partial charge in [0.25, 0.3) is 5.91 Å². The van der Waals surface area contributed by atoms with Crippen LogP contribution in [0.25, 0.3) is 0 Å². The maximum absolute atomic E-state index is 12.5. The van der Waals surface area contributed by atoms with Crippen molar-refractivity contribution in [2.24, 2.45) is 4.99 Å². The lowest BCUT2D eigenvalue weighted by atomic mass is 10.1. The van der Waals surface area contributed by atoms with E-state index < -0.39 is 0 Å². The fourth-order valence-electron chi connectivity index (χ4n) is 3.78. The second-order valence-corrected chi connectivity index (χ2v) is 9.96. The van der Waals surface area contributed by atoms with Crippen molar-refractivity contribution in [3.8, 4) is 0 Å². The third-order valence-corrected chi connectivity index (χ3v) is 6.25. The normalized spacial score (nSPS) is 16.2. The quantitative estimate of drug-likeness (QED) is 0.452. The SMILES string of the molecule is CN=C(NCc1cccc(C(=O)NC(C)(C)C)c1)NCC(c1cccs1)N1CCCC1. The predicted octanol–water partition coefficient (Wildman–Crippen LogP) is 3.78. The smallest absolute Gasteiger partial charge is 0.251 e. The summed E-state index contributed by atoms with van der Waals surface area (Å²) in [6.45, 7) is 9.67. The summed E-state index contributed by atoms with van der Waals surface area (Å²) < 4.78 is 0. The Bertz CT molecular complexity index is 866. The molecule has 0 aliphatic carbocycles. The summed E-state index contributed by atoms with van der Waals surface area (Å²) in [5.74, 6) is 0.714. The molecule has 0 bridgehead atoms. The molecule has 7 heteroatoms. The van der Waals surface area contributed by atoms with Crippen LogP contribution in [-0.4, -0.2) is 49.0 Å². The number of nitrogens with one attached hydrogen (secondary N) is 3. The van der Waals surface area contributed by atoms with Crippen LogP contribution in [0.5, 0.6) is 0 Å². The maximum Gasteiger partial charge on any atom is 0.251 e. The number of carbonyl (C=O) groups excluding carboxylic acids is 1. The average molecular weight is 442 g/mol. The number of benzene rings is 1. The van der Waals surface area contributed by atoms with Crippen molar-refractivity contribution in [2.75, 3.05) is 26.7 Å². The van der Waals surface area contributed by atoms with E-state index in [1.807, 2.05) is 56.4 Å². The molecule has 1 aromatic carbocycles. The van der Waals surface area contributed by atoms with E-state index in [2.05, 4.69) is 43.4 Å². The first-order chi connectivity index (χ1) is 14.9. The Morgan fingerprint density at radius 1 is 1.16 bits per heavy atom. The van der Waals surface area contributed by atoms with Crippen LogP contribution in [0.15, 0.2) is 46.8 Å². The molecule has 1 amide bonds. The zero-order valence-corrected chi connectivity index (χ0v) is 19.9. The lowest BCUT2D eigenvalue weighted by Crippen LogP contribution is -2.42. The molecule has 1 saturated heterocycles. The molecular formula is C24H35N5OS. The zero-order chi connectivity index (χ0) is 22.3. The number of rotatable bonds is 7. The number of likely N-dealkylation sites (tertiary alicyclic amines) is 1. The van der Waals surface area contributed by atoms with Crippen molar-refractivity contribution < 1.29 is 4.79 Å². The summed E-state index contributed by atoms with van der Waals surface area (Å²) in [6.07, 6.45) is 2.54. The second-order valence-electron chi connectivity index (χ2n) is 8.99. The molecule has 1 aliphatic rings. The highest BCUT2D eigenvalue weighted by atomic mass is 32.1. The van der Waals surface area contributed by atoms with E-state index in [0.717, 1.165) is 31.2 Å². The minimum Gasteiger partial charge on any atom is -0.354 e. The Labute approximate surface area is 190 Å². The van der Waals surface area contributed by atoms with Crippen LogP contribution < -0.4 is 16.0 Å². The second kappa shape index (κ2) is 10.8. The lowest BCUT2D eigenvalue weighted by molar-refractivity contribution is 0.0919. The number of hydrogen-bond acceptors (Lipinski definition) is 4. The molecule has 1 aromatic heterocycles. The van der Waals surface area contributed by atoms with E-state index in [0.29, 0.717) is 18.2 Å². The number of aliphatic imine (C=N–C) groups is 1. The fraction of sp³-hybridized carbons (Fsp3) is 0.500. The third kappa shape index (κ3) is 7.08. The largest absolute Gasteiger partial charge is 0.354 e. The molecule has 6 nitrogen and oxygen atoms in total. The van der Waals surface area contributed by atoms with Gasteiger partial charge in [0, 0.05) is 36.1 Å². The first-order valence-corrected chi connectivity index (χ1v) is 11.9. The van der Waals surface area contributed by atoms with Gasteiger partial charge in [0.15, 0.2) is 5.96 Å². The molecule has 1 aliphatic heterocycles. The molecule has 3 rings (SSSR count). The Morgan fingerprint density at radius 2 is 1.94 bits per heavy atom. The highest BCUT2D eigenvalue weighted by molar-refractivity contribution is 7.10. The van der Waals surface area contributed by atoms with Gasteiger partial charge >= 0.3 is 0 Å². The molecule has 3 N–H and O–H groups in total. The molecular weight excluding hydrogens is 406 g/mol. The third-order valence-electron chi connectivity index (χ3n) is 5.28. The Morgan fingerprint density at radius 3 is 2.58 bits per heavy atom. The van der Waals surface area contributed by atoms with E-state index in [-0.39, 0.29) is 11.4 Å². The average Bonchev–Trinajstić information content (AvgIpc) is 3.44. The monoisotopic (exact) mass is 441 g/mol. The molecule has 0 saturated carbocycles. The van der Waals surface area contributed by atoms with Crippen LogP contribution in [0.1, 0.15) is 60.5 Å². The molecule has 168 valence electrons. The van der Waals surface area contributed by atoms with E-state index >= 15 is 0 Å². The Hall–Kier alpha value is -2.38. The topological polar surface area (TPSA) is 68.8 Å². The van der Waals surface area contributed by atoms with Crippen LogP contribution in [-0.2, 0) is 6.54 Å². The van der Waals surface area contributed by atoms with Gasteiger partial charge in [-0.2, -0.15) is 0 Å². The number of guanidine groups is 1. The van der Waals surface area contributed by atoms with E-state index in [9.17, 15) is 4.79 Å². The molecule has 1 unspecified atom stereocenters. The summed E-state index contributed by atoms with van der Waals surface area (Å²) in [7, 11) is 1.79. The standard InChI is InChI=1S/C24H35N5OS/c1-24(2,3)28-22(30)19-10-7-9-18(15-19)16-26-23(25-4)27-17-20(21-11-8-14-31-21)29-12-5-6-13-29/h7-11,14-15,20H,5-6,12-13,16-17H2,1-4H3,(H,28,30)(H2,25,26,27). The van der Waals surface area contributed by atoms with Crippen molar-refractivity contribution >= 4 is 23.2 Å². The van der Waals surface area contributed by atoms with Crippen LogP contribution in [0.3, 0.4) is 0 Å². The van der Waals surface area contributed by atoms with Gasteiger partial charge in [-0.25, -0.2) is 0 Å². The van der Waals surface area contributed by atoms with Gasteiger partial charge in [-0.3, -0.25) is 14.7 Å². The van der Waals surface area contributed by atoms with Gasteiger partial charge in [0.1, 0.15) is 0 Å². The minimum atomic E-state index is -0.258. The van der Waals surface area contributed by atoms with Crippen molar-refractivity contribution in [2.45, 2.75) is 51.7 Å². The fourth-order valence-corrected chi connectivity index (χ4v) is 4.64. The van der Waals surface area contributed by atoms with Crippen molar-refractivity contribution in [3.05, 3.63) is 57.8 Å². The lowest BCUT2D eigenvalue weighted by Gasteiger charge is -2.27. The Kier molecular flexibility index (Phi) is 8.09. The predicted molar refractivity (Wildman–Crippen MR) is 130 cm³/mol. The van der Waals surface area contributed by atoms with Gasteiger partial charge < -0.3 is 16.0 Å². The molecule has 0 radical (unpaired) electrons. The molecule has 2 heterocycles. The molecule has 0 spiro atoms. The molecule has 1 fully saturated rings. The van der Waals surface area contributed by atoms with Crippen molar-refractivity contribution in [1.82, 2.24) is 20.9 Å². The van der Waals surface area contributed by atoms with Gasteiger partial charge in [-0.15, -0.1) is 11.3 Å². The summed E-state index contributed by atoms with van der Waals surface area (Å²) in [4.78, 5) is 20.8. The van der Waals surface area contributed by atoms with E-state index in [1.54, 1.807) is 7.05 Å². The van der Waals surface area contributed by atoms with Crippen LogP contribution >= 0.6 is 11.3 Å². The van der Waals surface area contributed by atoms with Gasteiger partial charge in [0.05, 0.1) is 6.04 Å². The highest BCUT2D eigenvalue weighted by Gasteiger charge is 2.24. The summed E-state index contributed by atoms with van der Waals surface area (Å²) in [5.41, 5.74) is 1.45. The number of hydrogen-bond donors (Lipinski definition) is 3. The summed E-state index contributed by atoms with van der Waals surface area (Å²) in [6, 6.07) is 12.4. The van der Waals surface area contributed by atoms with E-state index in [4.69, 9.17) is 0 Å². The van der Waals surface area contributed by atoms with Gasteiger partial charge in [-0.1, -0.05) is 18.2 Å². The molecule has 1 atom stereocenters. The number of amides is 1. The summed E-state index contributed by atoms with van der Waals surface area (Å²) in [5, 5.41) is 12.0. The highest BCUT2D eigenvalue weighted by Crippen LogP contribution is 2.27. The number of thiophene rings is 1. The zero-order valence-electron chi connectivity index (χ0n) is 19.1. The van der Waals surface area contributed by atoms with Crippen LogP contribution in [0, 0.1) is 0 Å². The van der Waals surface area contributed by atoms with Gasteiger partial charge in [0.2, 0.25) is 0 Å². The minimum absolute atomic E-state index is 0.0544. The molecule has 31 heavy (non-hydrogen) atoms. The Balaban J connectivity index is 1.57. The number of nitrogens with zero attached hydrogens (tertiary/aromatic N) is 2. The number of carbonyl (C=O) groups is 1. The maximum atomic E-state index is 12.5. The van der Waals surface area contributed by atoms with E-state index in [1.165, 1.54) is 17.7 Å².